The lowest BCUT2D eigenvalue weighted by Crippen LogP contribution is -2.41. The number of benzene rings is 1. The van der Waals surface area contributed by atoms with Gasteiger partial charge in [0.2, 0.25) is 0 Å². The number of nitrogen functional groups attached to an aromatic ring is 1. The van der Waals surface area contributed by atoms with Gasteiger partial charge in [0, 0.05) is 19.3 Å². The number of ether oxygens (including phenoxy) is 2. The fourth-order valence-corrected chi connectivity index (χ4v) is 1.15. The van der Waals surface area contributed by atoms with Gasteiger partial charge in [-0.15, -0.1) is 0 Å². The highest BCUT2D eigenvalue weighted by atomic mass is 16.5. The molecule has 3 N–H and O–H groups in total. The van der Waals surface area contributed by atoms with Gasteiger partial charge in [-0.3, -0.25) is 4.79 Å². The lowest BCUT2D eigenvalue weighted by Gasteiger charge is -2.23. The standard InChI is InChI=1S/C13H20N2O3/c1-13(2,17-3)9-15-12(16)8-18-11-6-4-10(14)5-7-11/h4-7H,8-9,14H2,1-3H3,(H,15,16). The molecule has 0 aromatic heterocycles. The summed E-state index contributed by atoms with van der Waals surface area (Å²) < 4.78 is 10.5. The quantitative estimate of drug-likeness (QED) is 0.746. The normalized spacial score (nSPS) is 11.1. The van der Waals surface area contributed by atoms with Crippen molar-refractivity contribution >= 4 is 11.6 Å². The molecule has 0 heterocycles. The minimum atomic E-state index is -0.378. The zero-order valence-electron chi connectivity index (χ0n) is 11.0. The highest BCUT2D eigenvalue weighted by Gasteiger charge is 2.17. The molecule has 1 amide bonds. The zero-order valence-corrected chi connectivity index (χ0v) is 11.0. The molecule has 0 aliphatic carbocycles. The summed E-state index contributed by atoms with van der Waals surface area (Å²) in [6, 6.07) is 6.89. The van der Waals surface area contributed by atoms with E-state index >= 15 is 0 Å². The first-order chi connectivity index (χ1) is 8.43. The predicted molar refractivity (Wildman–Crippen MR) is 70.4 cm³/mol. The lowest BCUT2D eigenvalue weighted by atomic mass is 10.1. The van der Waals surface area contributed by atoms with Gasteiger partial charge in [-0.25, -0.2) is 0 Å². The fraction of sp³-hybridized carbons (Fsp3) is 0.462. The van der Waals surface area contributed by atoms with Gasteiger partial charge < -0.3 is 20.5 Å². The topological polar surface area (TPSA) is 73.6 Å². The summed E-state index contributed by atoms with van der Waals surface area (Å²) >= 11 is 0. The van der Waals surface area contributed by atoms with E-state index in [1.807, 2.05) is 13.8 Å². The molecule has 1 aromatic rings. The number of rotatable bonds is 6. The molecule has 0 saturated carbocycles. The Kier molecular flexibility index (Phi) is 4.97. The van der Waals surface area contributed by atoms with E-state index < -0.39 is 0 Å². The van der Waals surface area contributed by atoms with E-state index in [0.717, 1.165) is 0 Å². The van der Waals surface area contributed by atoms with Crippen LogP contribution in [0, 0.1) is 0 Å². The van der Waals surface area contributed by atoms with Crippen LogP contribution in [0.5, 0.6) is 5.75 Å². The molecule has 0 spiro atoms. The highest BCUT2D eigenvalue weighted by molar-refractivity contribution is 5.77. The van der Waals surface area contributed by atoms with Crippen LogP contribution in [0.3, 0.4) is 0 Å². The van der Waals surface area contributed by atoms with Crippen LogP contribution >= 0.6 is 0 Å². The van der Waals surface area contributed by atoms with Crippen molar-refractivity contribution in [1.82, 2.24) is 5.32 Å². The smallest absolute Gasteiger partial charge is 0.258 e. The van der Waals surface area contributed by atoms with Crippen LogP contribution in [-0.2, 0) is 9.53 Å². The lowest BCUT2D eigenvalue weighted by molar-refractivity contribution is -0.124. The molecule has 5 nitrogen and oxygen atoms in total. The summed E-state index contributed by atoms with van der Waals surface area (Å²) in [5.41, 5.74) is 5.83. The van der Waals surface area contributed by atoms with Crippen LogP contribution in [-0.4, -0.2) is 31.8 Å². The average molecular weight is 252 g/mol. The Morgan fingerprint density at radius 3 is 2.50 bits per heavy atom. The maximum absolute atomic E-state index is 11.5. The molecule has 1 rings (SSSR count). The number of anilines is 1. The molecule has 100 valence electrons. The second-order valence-corrected chi connectivity index (χ2v) is 4.60. The molecule has 5 heteroatoms. The van der Waals surface area contributed by atoms with Gasteiger partial charge in [0.15, 0.2) is 6.61 Å². The number of carbonyl (C=O) groups is 1. The molecule has 0 saturated heterocycles. The Hall–Kier alpha value is -1.75. The van der Waals surface area contributed by atoms with E-state index in [2.05, 4.69) is 5.32 Å². The zero-order chi connectivity index (χ0) is 13.6. The number of methoxy groups -OCH3 is 1. The largest absolute Gasteiger partial charge is 0.484 e. The first-order valence-corrected chi connectivity index (χ1v) is 5.73. The van der Waals surface area contributed by atoms with E-state index in [1.165, 1.54) is 0 Å². The third-order valence-corrected chi connectivity index (χ3v) is 2.51. The summed E-state index contributed by atoms with van der Waals surface area (Å²) in [4.78, 5) is 11.5. The summed E-state index contributed by atoms with van der Waals surface area (Å²) in [7, 11) is 1.61. The summed E-state index contributed by atoms with van der Waals surface area (Å²) in [5, 5.41) is 2.74. The molecule has 0 bridgehead atoms. The molecule has 0 radical (unpaired) electrons. The number of hydrogen-bond donors (Lipinski definition) is 2. The van der Waals surface area contributed by atoms with Gasteiger partial charge in [0.05, 0.1) is 5.60 Å². The summed E-state index contributed by atoms with van der Waals surface area (Å²) in [5.74, 6) is 0.433. The number of hydrogen-bond acceptors (Lipinski definition) is 4. The van der Waals surface area contributed by atoms with Crippen LogP contribution in [0.2, 0.25) is 0 Å². The van der Waals surface area contributed by atoms with Crippen LogP contribution in [0.25, 0.3) is 0 Å². The molecule has 0 aliphatic rings. The Morgan fingerprint density at radius 1 is 1.33 bits per heavy atom. The highest BCUT2D eigenvalue weighted by Crippen LogP contribution is 2.12. The van der Waals surface area contributed by atoms with Crippen LogP contribution in [0.4, 0.5) is 5.69 Å². The average Bonchev–Trinajstić information content (AvgIpc) is 2.36. The van der Waals surface area contributed by atoms with E-state index in [0.29, 0.717) is 18.0 Å². The molecule has 0 fully saturated rings. The van der Waals surface area contributed by atoms with Crippen LogP contribution in [0.15, 0.2) is 24.3 Å². The first kappa shape index (κ1) is 14.3. The van der Waals surface area contributed by atoms with Gasteiger partial charge in [0.1, 0.15) is 5.75 Å². The fourth-order valence-electron chi connectivity index (χ4n) is 1.15. The maximum Gasteiger partial charge on any atom is 0.258 e. The van der Waals surface area contributed by atoms with Crippen molar-refractivity contribution in [1.29, 1.82) is 0 Å². The van der Waals surface area contributed by atoms with E-state index in [1.54, 1.807) is 31.4 Å². The third-order valence-electron chi connectivity index (χ3n) is 2.51. The minimum Gasteiger partial charge on any atom is -0.484 e. The molecule has 0 unspecified atom stereocenters. The van der Waals surface area contributed by atoms with Gasteiger partial charge in [-0.05, 0) is 38.1 Å². The van der Waals surface area contributed by atoms with Gasteiger partial charge in [-0.2, -0.15) is 0 Å². The van der Waals surface area contributed by atoms with Crippen molar-refractivity contribution in [3.63, 3.8) is 0 Å². The Morgan fingerprint density at radius 2 is 1.94 bits per heavy atom. The molecule has 18 heavy (non-hydrogen) atoms. The molecular formula is C13H20N2O3. The Balaban J connectivity index is 2.31. The van der Waals surface area contributed by atoms with E-state index in [4.69, 9.17) is 15.2 Å². The molecule has 0 aliphatic heterocycles. The Bertz CT molecular complexity index is 388. The number of nitrogens with one attached hydrogen (secondary N) is 1. The summed E-state index contributed by atoms with van der Waals surface area (Å²) in [6.07, 6.45) is 0. The van der Waals surface area contributed by atoms with Crippen molar-refractivity contribution in [2.45, 2.75) is 19.4 Å². The van der Waals surface area contributed by atoms with Crippen molar-refractivity contribution < 1.29 is 14.3 Å². The second kappa shape index (κ2) is 6.26. The molecule has 0 atom stereocenters. The SMILES string of the molecule is COC(C)(C)CNC(=O)COc1ccc(N)cc1. The Labute approximate surface area is 107 Å². The molecule has 1 aromatic carbocycles. The number of nitrogens with two attached hydrogens (primary N) is 1. The summed E-state index contributed by atoms with van der Waals surface area (Å²) in [6.45, 7) is 4.21. The van der Waals surface area contributed by atoms with E-state index in [9.17, 15) is 4.79 Å². The second-order valence-electron chi connectivity index (χ2n) is 4.60. The minimum absolute atomic E-state index is 0.0241. The maximum atomic E-state index is 11.5. The van der Waals surface area contributed by atoms with E-state index in [-0.39, 0.29) is 18.1 Å². The number of amides is 1. The molecular weight excluding hydrogens is 232 g/mol. The van der Waals surface area contributed by atoms with Crippen molar-refractivity contribution in [2.24, 2.45) is 0 Å². The van der Waals surface area contributed by atoms with Crippen molar-refractivity contribution in [2.75, 3.05) is 26.0 Å². The van der Waals surface area contributed by atoms with Crippen LogP contribution < -0.4 is 15.8 Å². The van der Waals surface area contributed by atoms with Gasteiger partial charge in [0.25, 0.3) is 5.91 Å². The van der Waals surface area contributed by atoms with Gasteiger partial charge >= 0.3 is 0 Å². The van der Waals surface area contributed by atoms with Gasteiger partial charge in [-0.1, -0.05) is 0 Å². The number of carbonyl (C=O) groups excluding carboxylic acids is 1. The monoisotopic (exact) mass is 252 g/mol. The van der Waals surface area contributed by atoms with Crippen molar-refractivity contribution in [3.8, 4) is 5.75 Å². The van der Waals surface area contributed by atoms with Crippen molar-refractivity contribution in [3.05, 3.63) is 24.3 Å². The van der Waals surface area contributed by atoms with Crippen LogP contribution in [0.1, 0.15) is 13.8 Å². The first-order valence-electron chi connectivity index (χ1n) is 5.73. The predicted octanol–water partition coefficient (Wildman–Crippen LogP) is 1.19. The third kappa shape index (κ3) is 5.05.